The van der Waals surface area contributed by atoms with E-state index in [1.54, 1.807) is 0 Å². The quantitative estimate of drug-likeness (QED) is 0.653. The lowest BCUT2D eigenvalue weighted by Crippen LogP contribution is -2.43. The second kappa shape index (κ2) is 3.84. The molecule has 82 valence electrons. The number of hydrogen-bond donors (Lipinski definition) is 0. The van der Waals surface area contributed by atoms with Gasteiger partial charge in [-0.25, -0.2) is 0 Å². The number of hydrogen-bond acceptors (Lipinski definition) is 1. The number of rotatable bonds is 2. The summed E-state index contributed by atoms with van der Waals surface area (Å²) in [4.78, 5) is 2.82. The van der Waals surface area contributed by atoms with Crippen molar-refractivity contribution in [2.75, 3.05) is 0 Å². The van der Waals surface area contributed by atoms with Crippen molar-refractivity contribution in [2.45, 2.75) is 71.5 Å². The molecule has 1 heterocycles. The van der Waals surface area contributed by atoms with E-state index in [1.807, 2.05) is 0 Å². The number of fused-ring (bicyclic) bond motifs is 1. The van der Waals surface area contributed by atoms with Crippen LogP contribution in [0, 0.1) is 11.8 Å². The molecule has 0 amide bonds. The highest BCUT2D eigenvalue weighted by molar-refractivity contribution is 4.99. The Morgan fingerprint density at radius 2 is 1.79 bits per heavy atom. The normalized spacial score (nSPS) is 38.6. The average Bonchev–Trinajstić information content (AvgIpc) is 2.58. The Labute approximate surface area is 88.9 Å². The molecule has 0 aromatic rings. The van der Waals surface area contributed by atoms with E-state index in [0.29, 0.717) is 0 Å². The van der Waals surface area contributed by atoms with Crippen LogP contribution < -0.4 is 0 Å². The maximum atomic E-state index is 2.82. The average molecular weight is 195 g/mol. The van der Waals surface area contributed by atoms with Crippen molar-refractivity contribution >= 4 is 0 Å². The predicted octanol–water partition coefficient (Wildman–Crippen LogP) is 3.29. The van der Waals surface area contributed by atoms with Crippen LogP contribution in [0.4, 0.5) is 0 Å². The zero-order valence-corrected chi connectivity index (χ0v) is 10.2. The lowest BCUT2D eigenvalue weighted by atomic mass is 9.96. The van der Waals surface area contributed by atoms with E-state index >= 15 is 0 Å². The summed E-state index contributed by atoms with van der Waals surface area (Å²) in [7, 11) is 0. The fraction of sp³-hybridized carbons (Fsp3) is 1.00. The van der Waals surface area contributed by atoms with Gasteiger partial charge in [-0.1, -0.05) is 20.3 Å². The second-order valence-electron chi connectivity index (χ2n) is 5.85. The van der Waals surface area contributed by atoms with Crippen LogP contribution in [0.3, 0.4) is 0 Å². The van der Waals surface area contributed by atoms with Gasteiger partial charge in [0.2, 0.25) is 0 Å². The lowest BCUT2D eigenvalue weighted by molar-refractivity contribution is 0.116. The van der Waals surface area contributed by atoms with Gasteiger partial charge in [-0.15, -0.1) is 0 Å². The standard InChI is InChI=1S/C13H25N/c1-9(2)13-8-11-6-5-7-12(11)14(13)10(3)4/h9-13H,5-8H2,1-4H3/t11-,12-,13-/m0/s1. The van der Waals surface area contributed by atoms with Gasteiger partial charge in [-0.05, 0) is 44.9 Å². The molecule has 3 atom stereocenters. The maximum absolute atomic E-state index is 2.82. The molecule has 0 N–H and O–H groups in total. The van der Waals surface area contributed by atoms with Gasteiger partial charge in [-0.3, -0.25) is 4.90 Å². The van der Waals surface area contributed by atoms with Crippen molar-refractivity contribution in [3.63, 3.8) is 0 Å². The molecular weight excluding hydrogens is 170 g/mol. The fourth-order valence-electron chi connectivity index (χ4n) is 3.74. The summed E-state index contributed by atoms with van der Waals surface area (Å²) >= 11 is 0. The zero-order valence-electron chi connectivity index (χ0n) is 10.2. The van der Waals surface area contributed by atoms with E-state index < -0.39 is 0 Å². The van der Waals surface area contributed by atoms with Crippen molar-refractivity contribution in [3.05, 3.63) is 0 Å². The van der Waals surface area contributed by atoms with Gasteiger partial charge < -0.3 is 0 Å². The Morgan fingerprint density at radius 1 is 1.07 bits per heavy atom. The summed E-state index contributed by atoms with van der Waals surface area (Å²) in [5.74, 6) is 1.87. The maximum Gasteiger partial charge on any atom is 0.0130 e. The highest BCUT2D eigenvalue weighted by Crippen LogP contribution is 2.44. The van der Waals surface area contributed by atoms with Gasteiger partial charge >= 0.3 is 0 Å². The highest BCUT2D eigenvalue weighted by atomic mass is 15.2. The van der Waals surface area contributed by atoms with E-state index in [0.717, 1.165) is 30.0 Å². The molecule has 2 rings (SSSR count). The molecule has 0 spiro atoms. The van der Waals surface area contributed by atoms with Crippen LogP contribution in [0.2, 0.25) is 0 Å². The second-order valence-corrected chi connectivity index (χ2v) is 5.85. The summed E-state index contributed by atoms with van der Waals surface area (Å²) in [6.07, 6.45) is 5.91. The Hall–Kier alpha value is -0.0400. The molecule has 14 heavy (non-hydrogen) atoms. The van der Waals surface area contributed by atoms with Gasteiger partial charge in [0.15, 0.2) is 0 Å². The van der Waals surface area contributed by atoms with Crippen LogP contribution in [-0.2, 0) is 0 Å². The molecule has 0 radical (unpaired) electrons. The van der Waals surface area contributed by atoms with Gasteiger partial charge in [0.05, 0.1) is 0 Å². The summed E-state index contributed by atoms with van der Waals surface area (Å²) in [5.41, 5.74) is 0. The Morgan fingerprint density at radius 3 is 2.36 bits per heavy atom. The van der Waals surface area contributed by atoms with Gasteiger partial charge in [0.1, 0.15) is 0 Å². The third kappa shape index (κ3) is 1.60. The molecule has 1 aliphatic carbocycles. The monoisotopic (exact) mass is 195 g/mol. The van der Waals surface area contributed by atoms with E-state index in [4.69, 9.17) is 0 Å². The molecule has 1 heteroatoms. The molecule has 1 nitrogen and oxygen atoms in total. The summed E-state index contributed by atoms with van der Waals surface area (Å²) in [5, 5.41) is 0. The molecule has 1 aliphatic heterocycles. The first-order valence-corrected chi connectivity index (χ1v) is 6.38. The third-order valence-corrected chi connectivity index (χ3v) is 4.29. The first kappa shape index (κ1) is 10.5. The molecule has 0 unspecified atom stereocenters. The number of likely N-dealkylation sites (tertiary alicyclic amines) is 1. The predicted molar refractivity (Wildman–Crippen MR) is 61.3 cm³/mol. The highest BCUT2D eigenvalue weighted by Gasteiger charge is 2.45. The molecular formula is C13H25N. The van der Waals surface area contributed by atoms with Crippen LogP contribution in [-0.4, -0.2) is 23.0 Å². The fourth-order valence-corrected chi connectivity index (χ4v) is 3.74. The van der Waals surface area contributed by atoms with Gasteiger partial charge in [0.25, 0.3) is 0 Å². The van der Waals surface area contributed by atoms with Crippen LogP contribution in [0.15, 0.2) is 0 Å². The zero-order chi connectivity index (χ0) is 10.3. The minimum atomic E-state index is 0.746. The number of nitrogens with zero attached hydrogens (tertiary/aromatic N) is 1. The molecule has 2 fully saturated rings. The Balaban J connectivity index is 2.13. The molecule has 0 aromatic carbocycles. The van der Waals surface area contributed by atoms with Crippen LogP contribution >= 0.6 is 0 Å². The van der Waals surface area contributed by atoms with Crippen molar-refractivity contribution in [1.29, 1.82) is 0 Å². The van der Waals surface area contributed by atoms with E-state index in [-0.39, 0.29) is 0 Å². The molecule has 1 saturated heterocycles. The molecule has 0 bridgehead atoms. The smallest absolute Gasteiger partial charge is 0.0130 e. The van der Waals surface area contributed by atoms with E-state index in [9.17, 15) is 0 Å². The molecule has 0 aromatic heterocycles. The molecule has 2 aliphatic rings. The SMILES string of the molecule is CC(C)[C@@H]1C[C@@H]2CCC[C@@H]2N1C(C)C. The topological polar surface area (TPSA) is 3.24 Å². The third-order valence-electron chi connectivity index (χ3n) is 4.29. The van der Waals surface area contributed by atoms with Crippen molar-refractivity contribution in [2.24, 2.45) is 11.8 Å². The summed E-state index contributed by atoms with van der Waals surface area (Å²) < 4.78 is 0. The van der Waals surface area contributed by atoms with Crippen molar-refractivity contribution in [3.8, 4) is 0 Å². The van der Waals surface area contributed by atoms with E-state index in [2.05, 4.69) is 32.6 Å². The Bertz CT molecular complexity index is 197. The molecule has 1 saturated carbocycles. The lowest BCUT2D eigenvalue weighted by Gasteiger charge is -2.35. The largest absolute Gasteiger partial charge is 0.295 e. The van der Waals surface area contributed by atoms with E-state index in [1.165, 1.54) is 25.7 Å². The van der Waals surface area contributed by atoms with Gasteiger partial charge in [-0.2, -0.15) is 0 Å². The van der Waals surface area contributed by atoms with Crippen molar-refractivity contribution < 1.29 is 0 Å². The van der Waals surface area contributed by atoms with Gasteiger partial charge in [0, 0.05) is 18.1 Å². The van der Waals surface area contributed by atoms with Crippen molar-refractivity contribution in [1.82, 2.24) is 4.90 Å². The first-order valence-electron chi connectivity index (χ1n) is 6.38. The summed E-state index contributed by atoms with van der Waals surface area (Å²) in [6.45, 7) is 9.52. The Kier molecular flexibility index (Phi) is 2.88. The van der Waals surface area contributed by atoms with Crippen LogP contribution in [0.25, 0.3) is 0 Å². The minimum Gasteiger partial charge on any atom is -0.295 e. The van der Waals surface area contributed by atoms with Crippen LogP contribution in [0.5, 0.6) is 0 Å². The summed E-state index contributed by atoms with van der Waals surface area (Å²) in [6, 6.07) is 2.54. The minimum absolute atomic E-state index is 0.746. The first-order chi connectivity index (χ1) is 6.61. The van der Waals surface area contributed by atoms with Crippen LogP contribution in [0.1, 0.15) is 53.4 Å².